The van der Waals surface area contributed by atoms with Crippen molar-refractivity contribution < 1.29 is 14.3 Å². The molecule has 6 heteroatoms. The Hall–Kier alpha value is -2.63. The fourth-order valence-electron chi connectivity index (χ4n) is 3.21. The lowest BCUT2D eigenvalue weighted by atomic mass is 10.0. The molecule has 2 aromatic rings. The Balaban J connectivity index is 1.87. The standard InChI is InChI=1S/C19H23N3O3/c1-19(2,3)22-16-9-10-21(12-13(16)11-20-22)17(23)14-7-5-6-8-15(14)18(24)25-4/h5-8,11H,9-10,12H2,1-4H3. The van der Waals surface area contributed by atoms with Crippen molar-refractivity contribution in [3.05, 3.63) is 52.8 Å². The molecular formula is C19H23N3O3. The van der Waals surface area contributed by atoms with Gasteiger partial charge in [0.25, 0.3) is 5.91 Å². The molecule has 1 aromatic heterocycles. The van der Waals surface area contributed by atoms with Gasteiger partial charge in [-0.25, -0.2) is 4.79 Å². The lowest BCUT2D eigenvalue weighted by Gasteiger charge is -2.30. The number of rotatable bonds is 2. The van der Waals surface area contributed by atoms with E-state index in [0.29, 0.717) is 24.2 Å². The molecule has 132 valence electrons. The maximum Gasteiger partial charge on any atom is 0.338 e. The highest BCUT2D eigenvalue weighted by Gasteiger charge is 2.29. The summed E-state index contributed by atoms with van der Waals surface area (Å²) in [7, 11) is 1.32. The molecule has 0 unspecified atom stereocenters. The first kappa shape index (κ1) is 17.2. The van der Waals surface area contributed by atoms with Crippen LogP contribution in [0.2, 0.25) is 0 Å². The van der Waals surface area contributed by atoms with Crippen LogP contribution in [-0.4, -0.2) is 40.2 Å². The van der Waals surface area contributed by atoms with Gasteiger partial charge in [-0.05, 0) is 32.9 Å². The van der Waals surface area contributed by atoms with E-state index in [-0.39, 0.29) is 11.4 Å². The number of nitrogens with zero attached hydrogens (tertiary/aromatic N) is 3. The van der Waals surface area contributed by atoms with Gasteiger partial charge in [-0.15, -0.1) is 0 Å². The molecule has 1 aromatic carbocycles. The number of carbonyl (C=O) groups is 2. The van der Waals surface area contributed by atoms with Gasteiger partial charge in [0, 0.05) is 30.8 Å². The van der Waals surface area contributed by atoms with Crippen molar-refractivity contribution in [3.63, 3.8) is 0 Å². The zero-order valence-corrected chi connectivity index (χ0v) is 15.1. The molecule has 6 nitrogen and oxygen atoms in total. The van der Waals surface area contributed by atoms with E-state index in [1.54, 1.807) is 29.2 Å². The van der Waals surface area contributed by atoms with Crippen molar-refractivity contribution >= 4 is 11.9 Å². The smallest absolute Gasteiger partial charge is 0.338 e. The number of benzene rings is 1. The number of hydrogen-bond donors (Lipinski definition) is 0. The summed E-state index contributed by atoms with van der Waals surface area (Å²) in [5.41, 5.74) is 2.83. The van der Waals surface area contributed by atoms with E-state index in [1.807, 2.05) is 10.9 Å². The van der Waals surface area contributed by atoms with Crippen LogP contribution in [0.5, 0.6) is 0 Å². The molecule has 0 N–H and O–H groups in total. The van der Waals surface area contributed by atoms with Crippen LogP contribution in [0.25, 0.3) is 0 Å². The van der Waals surface area contributed by atoms with E-state index in [0.717, 1.165) is 12.0 Å². The normalized spacial score (nSPS) is 14.2. The third kappa shape index (κ3) is 3.16. The summed E-state index contributed by atoms with van der Waals surface area (Å²) < 4.78 is 6.82. The average molecular weight is 341 g/mol. The largest absolute Gasteiger partial charge is 0.465 e. The van der Waals surface area contributed by atoms with Crippen LogP contribution in [-0.2, 0) is 23.2 Å². The summed E-state index contributed by atoms with van der Waals surface area (Å²) in [6.07, 6.45) is 2.59. The van der Waals surface area contributed by atoms with E-state index >= 15 is 0 Å². The topological polar surface area (TPSA) is 64.4 Å². The maximum absolute atomic E-state index is 12.9. The third-order valence-electron chi connectivity index (χ3n) is 4.42. The number of methoxy groups -OCH3 is 1. The second-order valence-electron chi connectivity index (χ2n) is 7.21. The average Bonchev–Trinajstić information content (AvgIpc) is 3.03. The highest BCUT2D eigenvalue weighted by Crippen LogP contribution is 2.25. The Labute approximate surface area is 147 Å². The summed E-state index contributed by atoms with van der Waals surface area (Å²) in [4.78, 5) is 26.6. The van der Waals surface area contributed by atoms with Crippen molar-refractivity contribution in [3.8, 4) is 0 Å². The number of aromatic nitrogens is 2. The molecule has 1 amide bonds. The fourth-order valence-corrected chi connectivity index (χ4v) is 3.21. The Morgan fingerprint density at radius 3 is 2.48 bits per heavy atom. The predicted molar refractivity (Wildman–Crippen MR) is 93.4 cm³/mol. The van der Waals surface area contributed by atoms with Crippen LogP contribution in [0.4, 0.5) is 0 Å². The summed E-state index contributed by atoms with van der Waals surface area (Å²) in [6, 6.07) is 6.77. The summed E-state index contributed by atoms with van der Waals surface area (Å²) in [5, 5.41) is 4.50. The van der Waals surface area contributed by atoms with E-state index < -0.39 is 5.97 Å². The van der Waals surface area contributed by atoms with Gasteiger partial charge in [-0.2, -0.15) is 5.10 Å². The SMILES string of the molecule is COC(=O)c1ccccc1C(=O)N1CCc2c(cnn2C(C)(C)C)C1. The minimum atomic E-state index is -0.498. The number of hydrogen-bond acceptors (Lipinski definition) is 4. The van der Waals surface area contributed by atoms with E-state index in [1.165, 1.54) is 12.8 Å². The van der Waals surface area contributed by atoms with Gasteiger partial charge in [-0.3, -0.25) is 9.48 Å². The van der Waals surface area contributed by atoms with Crippen molar-refractivity contribution in [1.29, 1.82) is 0 Å². The zero-order valence-electron chi connectivity index (χ0n) is 15.1. The van der Waals surface area contributed by atoms with Gasteiger partial charge in [0.15, 0.2) is 0 Å². The predicted octanol–water partition coefficient (Wildman–Crippen LogP) is 2.62. The molecule has 0 saturated heterocycles. The summed E-state index contributed by atoms with van der Waals surface area (Å²) in [6.45, 7) is 7.45. The van der Waals surface area contributed by atoms with E-state index in [9.17, 15) is 9.59 Å². The lowest BCUT2D eigenvalue weighted by molar-refractivity contribution is 0.0588. The Bertz CT molecular complexity index is 818. The van der Waals surface area contributed by atoms with E-state index in [2.05, 4.69) is 25.9 Å². The van der Waals surface area contributed by atoms with Crippen molar-refractivity contribution in [1.82, 2.24) is 14.7 Å². The minimum Gasteiger partial charge on any atom is -0.465 e. The third-order valence-corrected chi connectivity index (χ3v) is 4.42. The van der Waals surface area contributed by atoms with Crippen molar-refractivity contribution in [2.75, 3.05) is 13.7 Å². The maximum atomic E-state index is 12.9. The molecule has 0 saturated carbocycles. The van der Waals surface area contributed by atoms with Gasteiger partial charge < -0.3 is 9.64 Å². The Morgan fingerprint density at radius 1 is 1.16 bits per heavy atom. The molecule has 0 fully saturated rings. The first-order valence-corrected chi connectivity index (χ1v) is 8.36. The highest BCUT2D eigenvalue weighted by atomic mass is 16.5. The minimum absolute atomic E-state index is 0.0861. The van der Waals surface area contributed by atoms with Crippen LogP contribution in [0.3, 0.4) is 0 Å². The first-order valence-electron chi connectivity index (χ1n) is 8.36. The second-order valence-corrected chi connectivity index (χ2v) is 7.21. The van der Waals surface area contributed by atoms with Crippen LogP contribution in [0.15, 0.2) is 30.5 Å². The van der Waals surface area contributed by atoms with Gasteiger partial charge >= 0.3 is 5.97 Å². The quantitative estimate of drug-likeness (QED) is 0.788. The molecule has 0 atom stereocenters. The molecule has 0 bridgehead atoms. The molecule has 0 aliphatic carbocycles. The zero-order chi connectivity index (χ0) is 18.2. The number of carbonyl (C=O) groups excluding carboxylic acids is 2. The van der Waals surface area contributed by atoms with Crippen molar-refractivity contribution in [2.24, 2.45) is 0 Å². The molecule has 2 heterocycles. The highest BCUT2D eigenvalue weighted by molar-refractivity contribution is 6.05. The number of fused-ring (bicyclic) bond motifs is 1. The van der Waals surface area contributed by atoms with Gasteiger partial charge in [0.2, 0.25) is 0 Å². The van der Waals surface area contributed by atoms with Gasteiger partial charge in [0.05, 0.1) is 30.0 Å². The second kappa shape index (κ2) is 6.35. The number of ether oxygens (including phenoxy) is 1. The monoisotopic (exact) mass is 341 g/mol. The van der Waals surface area contributed by atoms with E-state index in [4.69, 9.17) is 4.74 Å². The lowest BCUT2D eigenvalue weighted by Crippen LogP contribution is -2.38. The van der Waals surface area contributed by atoms with Gasteiger partial charge in [-0.1, -0.05) is 12.1 Å². The van der Waals surface area contributed by atoms with Crippen LogP contribution < -0.4 is 0 Å². The first-order chi connectivity index (χ1) is 11.8. The number of esters is 1. The van der Waals surface area contributed by atoms with Gasteiger partial charge in [0.1, 0.15) is 0 Å². The molecule has 25 heavy (non-hydrogen) atoms. The summed E-state index contributed by atoms with van der Waals surface area (Å²) >= 11 is 0. The van der Waals surface area contributed by atoms with Crippen LogP contribution >= 0.6 is 0 Å². The van der Waals surface area contributed by atoms with Crippen LogP contribution in [0.1, 0.15) is 52.7 Å². The fraction of sp³-hybridized carbons (Fsp3) is 0.421. The number of amides is 1. The molecule has 1 aliphatic heterocycles. The molecule has 3 rings (SSSR count). The molecule has 0 radical (unpaired) electrons. The Kier molecular flexibility index (Phi) is 4.37. The molecule has 1 aliphatic rings. The van der Waals surface area contributed by atoms with Crippen LogP contribution in [0, 0.1) is 0 Å². The molecular weight excluding hydrogens is 318 g/mol. The van der Waals surface area contributed by atoms with Crippen molar-refractivity contribution in [2.45, 2.75) is 39.3 Å². The Morgan fingerprint density at radius 2 is 1.84 bits per heavy atom. The molecule has 0 spiro atoms. The summed E-state index contributed by atoms with van der Waals surface area (Å²) in [5.74, 6) is -0.655.